The Balaban J connectivity index is 0.000000838. The third-order valence-corrected chi connectivity index (χ3v) is 5.16. The summed E-state index contributed by atoms with van der Waals surface area (Å²) in [7, 11) is 0. The maximum absolute atomic E-state index is 13.7. The van der Waals surface area contributed by atoms with Crippen molar-refractivity contribution >= 4 is 11.9 Å². The molecule has 7 atom stereocenters. The van der Waals surface area contributed by atoms with E-state index in [1.807, 2.05) is 0 Å². The van der Waals surface area contributed by atoms with Gasteiger partial charge in [-0.15, -0.1) is 0 Å². The fourth-order valence-corrected chi connectivity index (χ4v) is 3.03. The van der Waals surface area contributed by atoms with Crippen LogP contribution in [0.25, 0.3) is 5.73 Å². The zero-order chi connectivity index (χ0) is 23.1. The number of aliphatic carboxylic acids is 2. The second-order valence-electron chi connectivity index (χ2n) is 7.38. The van der Waals surface area contributed by atoms with Crippen LogP contribution in [0.5, 0.6) is 0 Å². The molecule has 1 heterocycles. The molecule has 184 valence electrons. The number of ether oxygens (including phenoxy) is 2. The molecule has 2 aliphatic rings. The van der Waals surface area contributed by atoms with Crippen LogP contribution < -0.4 is 0 Å². The molecule has 1 aliphatic heterocycles. The van der Waals surface area contributed by atoms with E-state index in [2.05, 4.69) is 6.92 Å². The molecule has 2 fully saturated rings. The Hall–Kier alpha value is -0.722. The summed E-state index contributed by atoms with van der Waals surface area (Å²) >= 11 is 0. The first kappa shape index (κ1) is 30.3. The van der Waals surface area contributed by atoms with Gasteiger partial charge >= 0.3 is 38.7 Å². The smallest absolute Gasteiger partial charge is 0.677 e. The Kier molecular flexibility index (Phi) is 13.4. The molecule has 1 saturated heterocycles. The molecule has 1 saturated carbocycles. The molecule has 0 spiro atoms. The van der Waals surface area contributed by atoms with Crippen molar-refractivity contribution in [2.24, 2.45) is 5.92 Å². The van der Waals surface area contributed by atoms with E-state index in [-0.39, 0.29) is 27.1 Å². The fourth-order valence-electron chi connectivity index (χ4n) is 3.03. The van der Waals surface area contributed by atoms with Gasteiger partial charge in [-0.05, 0) is 0 Å². The van der Waals surface area contributed by atoms with Crippen molar-refractivity contribution in [3.05, 3.63) is 12.7 Å². The summed E-state index contributed by atoms with van der Waals surface area (Å²) in [6.45, 7) is 2.42. The Morgan fingerprint density at radius 2 is 1.65 bits per heavy atom. The molecule has 1 unspecified atom stereocenters. The van der Waals surface area contributed by atoms with Crippen LogP contribution in [0.4, 0.5) is 4.39 Å². The maximum Gasteiger partial charge on any atom is 2.00 e. The number of rotatable bonds is 7. The normalized spacial score (nSPS) is 33.5. The molecule has 0 aromatic heterocycles. The van der Waals surface area contributed by atoms with Crippen LogP contribution in [-0.4, -0.2) is 98.2 Å². The first-order valence-corrected chi connectivity index (χ1v) is 9.57. The van der Waals surface area contributed by atoms with Gasteiger partial charge in [0.2, 0.25) is 0 Å². The minimum atomic E-state index is -3.58. The van der Waals surface area contributed by atoms with Gasteiger partial charge in [0.1, 0.15) is 24.4 Å². The fraction of sp³-hybridized carbons (Fsp3) is 0.833. The zero-order valence-corrected chi connectivity index (χ0v) is 19.0. The summed E-state index contributed by atoms with van der Waals surface area (Å²) in [6.07, 6.45) is -4.21. The average molecular weight is 635 g/mol. The molecule has 0 amide bonds. The van der Waals surface area contributed by atoms with Crippen LogP contribution in [0.15, 0.2) is 0 Å². The molecule has 0 aromatic carbocycles. The van der Waals surface area contributed by atoms with E-state index >= 15 is 0 Å². The molecule has 1 aliphatic carbocycles. The van der Waals surface area contributed by atoms with Gasteiger partial charge in [0, 0.05) is 6.42 Å². The van der Waals surface area contributed by atoms with E-state index in [0.717, 1.165) is 6.42 Å². The summed E-state index contributed by atoms with van der Waals surface area (Å²) in [5.74, 6) is -4.00. The van der Waals surface area contributed by atoms with Gasteiger partial charge in [0.05, 0.1) is 13.2 Å². The summed E-state index contributed by atoms with van der Waals surface area (Å²) in [4.78, 5) is 21.2. The number of carboxylic acids is 2. The topological polar surface area (TPSA) is 198 Å². The van der Waals surface area contributed by atoms with Gasteiger partial charge in [-0.25, -0.2) is 14.0 Å². The second-order valence-corrected chi connectivity index (χ2v) is 7.38. The van der Waals surface area contributed by atoms with E-state index < -0.39 is 67.9 Å². The van der Waals surface area contributed by atoms with Crippen LogP contribution in [0.2, 0.25) is 0 Å². The van der Waals surface area contributed by atoms with E-state index in [1.165, 1.54) is 19.3 Å². The number of alkyl halides is 1. The third-order valence-electron chi connectivity index (χ3n) is 5.16. The van der Waals surface area contributed by atoms with Gasteiger partial charge in [-0.1, -0.05) is 25.7 Å². The molecule has 0 aromatic rings. The summed E-state index contributed by atoms with van der Waals surface area (Å²) < 4.78 is 23.4. The molecule has 13 heteroatoms. The number of halogens is 1. The summed E-state index contributed by atoms with van der Waals surface area (Å²) in [5.41, 5.74) is 3.84. The number of hydrogen-bond acceptors (Lipinski definition) is 8. The zero-order valence-electron chi connectivity index (χ0n) is 16.7. The number of hydrogen-bond donors (Lipinski definition) is 6. The van der Waals surface area contributed by atoms with E-state index in [4.69, 9.17) is 30.5 Å². The van der Waals surface area contributed by atoms with Crippen LogP contribution in [0.1, 0.15) is 32.1 Å². The van der Waals surface area contributed by atoms with Gasteiger partial charge in [0.15, 0.2) is 6.29 Å². The predicted octanol–water partition coefficient (Wildman–Crippen LogP) is -0.501. The quantitative estimate of drug-likeness (QED) is 0.157. The number of nitrogens with one attached hydrogen (secondary N) is 1. The van der Waals surface area contributed by atoms with E-state index in [0.29, 0.717) is 5.92 Å². The Labute approximate surface area is 193 Å². The first-order valence-electron chi connectivity index (χ1n) is 9.57. The van der Waals surface area contributed by atoms with E-state index in [1.54, 1.807) is 0 Å². The van der Waals surface area contributed by atoms with Gasteiger partial charge in [0.25, 0.3) is 0 Å². The van der Waals surface area contributed by atoms with Crippen LogP contribution in [-0.2, 0) is 40.1 Å². The largest absolute Gasteiger partial charge is 2.00 e. The minimum absolute atomic E-state index is 0. The number of aliphatic hydroxyl groups excluding tert-OH is 4. The van der Waals surface area contributed by atoms with Crippen molar-refractivity contribution in [1.29, 1.82) is 0 Å². The third kappa shape index (κ3) is 8.29. The molecule has 31 heavy (non-hydrogen) atoms. The van der Waals surface area contributed by atoms with Crippen molar-refractivity contribution < 1.29 is 75.2 Å². The number of aliphatic hydroxyl groups is 4. The van der Waals surface area contributed by atoms with Crippen molar-refractivity contribution in [3.8, 4) is 0 Å². The molecule has 0 radical (unpaired) electrons. The summed E-state index contributed by atoms with van der Waals surface area (Å²) in [6, 6.07) is 0.142. The standard InChI is InChI=1S/C11H17FO10.C7H13N.Pt/c12-11(9(17)18,10(19)20)1-2-21-8-7(16)6(15)5(14)4(3-13)22-8;1-6-4-2-3-5-7(6)8;/h4-8,13-16H,1-3H2,(H,17,18)(H,19,20);6-8H,1-5H2;/q;-2;+2/t4-,5-,6+,7+,8?;6-,7-;/m11./s1. The molecule has 11 nitrogen and oxygen atoms in total. The maximum atomic E-state index is 13.7. The average Bonchev–Trinajstić information content (AvgIpc) is 2.70. The van der Waals surface area contributed by atoms with Crippen molar-refractivity contribution in [2.45, 2.75) is 74.5 Å². The Morgan fingerprint density at radius 1 is 1.10 bits per heavy atom. The molecular formula is C18H30FNO10Pt. The van der Waals surface area contributed by atoms with Crippen molar-refractivity contribution in [2.75, 3.05) is 13.2 Å². The monoisotopic (exact) mass is 634 g/mol. The van der Waals surface area contributed by atoms with E-state index in [9.17, 15) is 29.3 Å². The molecule has 2 rings (SSSR count). The second kappa shape index (κ2) is 13.7. The Morgan fingerprint density at radius 3 is 2.06 bits per heavy atom. The molecule has 0 bridgehead atoms. The molecular weight excluding hydrogens is 604 g/mol. The first-order chi connectivity index (χ1) is 14.0. The molecule has 7 N–H and O–H groups in total. The number of carbonyl (C=O) groups is 2. The SMILES string of the molecule is O=C(O)C(F)(CCOC1O[C@H](CO)[C@@H](O)[C@H](O)[C@@H]1O)C(=O)O.[CH2-][C@@H]1CCCC[C@H]1[NH-].[Pt+2]. The van der Waals surface area contributed by atoms with Crippen molar-refractivity contribution in [1.82, 2.24) is 0 Å². The minimum Gasteiger partial charge on any atom is -0.677 e. The predicted molar refractivity (Wildman–Crippen MR) is 98.9 cm³/mol. The van der Waals surface area contributed by atoms with Crippen molar-refractivity contribution in [3.63, 3.8) is 0 Å². The Bertz CT molecular complexity index is 545. The van der Waals surface area contributed by atoms with Crippen LogP contribution in [0.3, 0.4) is 0 Å². The summed E-state index contributed by atoms with van der Waals surface area (Å²) in [5, 5.41) is 54.6. The van der Waals surface area contributed by atoms with Crippen LogP contribution >= 0.6 is 0 Å². The van der Waals surface area contributed by atoms with Gasteiger partial charge in [-0.3, -0.25) is 0 Å². The van der Waals surface area contributed by atoms with Crippen LogP contribution in [0, 0.1) is 12.8 Å². The number of carboxylic acid groups (broad SMARTS) is 2. The van der Waals surface area contributed by atoms with Gasteiger partial charge < -0.3 is 52.8 Å². The van der Waals surface area contributed by atoms with Gasteiger partial charge in [-0.2, -0.15) is 12.0 Å².